The molecule has 2 aromatic heterocycles. The molecule has 34 heavy (non-hydrogen) atoms. The second kappa shape index (κ2) is 11.7. The number of nitrogens with one attached hydrogen (secondary N) is 1. The molecule has 4 rings (SSSR count). The van der Waals surface area contributed by atoms with Crippen LogP contribution in [-0.4, -0.2) is 78.7 Å². The summed E-state index contributed by atoms with van der Waals surface area (Å²) in [5, 5.41) is 22.3. The van der Waals surface area contributed by atoms with Crippen molar-refractivity contribution in [3.8, 4) is 0 Å². The molecule has 2 aromatic rings. The summed E-state index contributed by atoms with van der Waals surface area (Å²) in [6, 6.07) is -0.767. The SMILES string of the molecule is CSc1nnc(SCC2(C(=O)O)CS[C@@H]3C(NC(=O)C(=CCl)c4csc(N)n4)C(=O)N3C2)s1.[H-].[Na+]. The summed E-state index contributed by atoms with van der Waals surface area (Å²) in [4.78, 5) is 43.2. The van der Waals surface area contributed by atoms with Crippen LogP contribution in [0.15, 0.2) is 19.6 Å². The summed E-state index contributed by atoms with van der Waals surface area (Å²) < 4.78 is 1.50. The zero-order chi connectivity index (χ0) is 23.8. The van der Waals surface area contributed by atoms with Crippen molar-refractivity contribution in [2.45, 2.75) is 20.1 Å². The first-order chi connectivity index (χ1) is 15.8. The van der Waals surface area contributed by atoms with Crippen molar-refractivity contribution in [1.29, 1.82) is 0 Å². The quantitative estimate of drug-likeness (QED) is 0.155. The van der Waals surface area contributed by atoms with Crippen LogP contribution in [0.4, 0.5) is 5.13 Å². The number of hydrogen-bond acceptors (Lipinski definition) is 12. The molecular weight excluding hydrogens is 571 g/mol. The molecule has 0 bridgehead atoms. The van der Waals surface area contributed by atoms with Gasteiger partial charge in [0.1, 0.15) is 16.8 Å². The molecule has 178 valence electrons. The van der Waals surface area contributed by atoms with Crippen molar-refractivity contribution in [1.82, 2.24) is 25.4 Å². The third-order valence-electron chi connectivity index (χ3n) is 5.07. The molecule has 0 aliphatic carbocycles. The predicted octanol–water partition coefficient (Wildman–Crippen LogP) is -0.742. The first kappa shape index (κ1) is 28.1. The number of carboxylic acid groups (broad SMARTS) is 1. The summed E-state index contributed by atoms with van der Waals surface area (Å²) in [7, 11) is 0. The van der Waals surface area contributed by atoms with Gasteiger partial charge < -0.3 is 22.5 Å². The van der Waals surface area contributed by atoms with E-state index in [0.29, 0.717) is 20.9 Å². The van der Waals surface area contributed by atoms with Crippen LogP contribution in [0.3, 0.4) is 0 Å². The number of nitrogens with zero attached hydrogens (tertiary/aromatic N) is 4. The monoisotopic (exact) mass is 588 g/mol. The fraction of sp³-hybridized carbons (Fsp3) is 0.412. The third-order valence-corrected chi connectivity index (χ3v) is 10.9. The minimum absolute atomic E-state index is 0. The van der Waals surface area contributed by atoms with Crippen LogP contribution in [0, 0.1) is 5.41 Å². The zero-order valence-electron chi connectivity index (χ0n) is 18.9. The van der Waals surface area contributed by atoms with Gasteiger partial charge in [0.25, 0.3) is 5.91 Å². The first-order valence-corrected chi connectivity index (χ1v) is 14.7. The number of β-lactam (4-membered cyclic amide) rings is 1. The average molecular weight is 589 g/mol. The number of anilines is 1. The Morgan fingerprint density at radius 1 is 1.47 bits per heavy atom. The van der Waals surface area contributed by atoms with E-state index in [2.05, 4.69) is 20.5 Å². The molecule has 4 heterocycles. The number of thioether (sulfide) groups is 3. The van der Waals surface area contributed by atoms with E-state index in [0.717, 1.165) is 9.87 Å². The van der Waals surface area contributed by atoms with Gasteiger partial charge in [0.15, 0.2) is 13.8 Å². The number of nitrogens with two attached hydrogens (primary N) is 1. The van der Waals surface area contributed by atoms with Gasteiger partial charge in [-0.3, -0.25) is 14.4 Å². The number of thiazole rings is 1. The van der Waals surface area contributed by atoms with Crippen LogP contribution >= 0.6 is 69.6 Å². The molecule has 10 nitrogen and oxygen atoms in total. The summed E-state index contributed by atoms with van der Waals surface area (Å²) in [5.41, 5.74) is 6.03. The van der Waals surface area contributed by atoms with Crippen molar-refractivity contribution in [3.63, 3.8) is 0 Å². The Labute approximate surface area is 244 Å². The Balaban J connectivity index is 0.00000216. The molecule has 0 radical (unpaired) electrons. The predicted molar refractivity (Wildman–Crippen MR) is 134 cm³/mol. The summed E-state index contributed by atoms with van der Waals surface area (Å²) in [5.74, 6) is -1.28. The van der Waals surface area contributed by atoms with Gasteiger partial charge in [-0.2, -0.15) is 0 Å². The van der Waals surface area contributed by atoms with Crippen LogP contribution in [0.2, 0.25) is 0 Å². The van der Waals surface area contributed by atoms with E-state index in [9.17, 15) is 19.5 Å². The van der Waals surface area contributed by atoms with Gasteiger partial charge in [0.2, 0.25) is 5.91 Å². The Kier molecular flexibility index (Phi) is 9.64. The van der Waals surface area contributed by atoms with E-state index < -0.39 is 23.3 Å². The molecule has 2 amide bonds. The van der Waals surface area contributed by atoms with Crippen molar-refractivity contribution >= 4 is 98.0 Å². The minimum atomic E-state index is -1.12. The molecule has 0 saturated carbocycles. The van der Waals surface area contributed by atoms with Crippen molar-refractivity contribution in [2.75, 3.05) is 30.0 Å². The molecule has 0 spiro atoms. The fourth-order valence-corrected chi connectivity index (χ4v) is 8.37. The standard InChI is InChI=1S/C17H17ClN6O4S5.Na.H/c1-29-15-22-23-16(33-15)32-6-17(13(27)28)4-24-11(26)9(12(24)31-5-17)21-10(25)7(2-18)8-3-30-14(19)20-8;;/h2-3,9,12H,4-6H2,1H3,(H2,19,20)(H,21,25)(H,27,28);;/q;+1;-1/t9?,12-,17?;;/m1../s1. The number of carboxylic acids is 1. The van der Waals surface area contributed by atoms with Crippen molar-refractivity contribution < 1.29 is 50.5 Å². The number of hydrogen-bond donors (Lipinski definition) is 3. The number of carbonyl (C=O) groups is 3. The summed E-state index contributed by atoms with van der Waals surface area (Å²) in [6.07, 6.45) is 1.90. The molecule has 0 aromatic carbocycles. The molecule has 17 heteroatoms. The van der Waals surface area contributed by atoms with E-state index in [1.54, 1.807) is 5.38 Å². The van der Waals surface area contributed by atoms with Crippen LogP contribution in [-0.2, 0) is 14.4 Å². The van der Waals surface area contributed by atoms with Gasteiger partial charge in [0, 0.05) is 29.0 Å². The first-order valence-electron chi connectivity index (χ1n) is 9.26. The number of carbonyl (C=O) groups excluding carboxylic acids is 2. The van der Waals surface area contributed by atoms with Gasteiger partial charge in [-0.15, -0.1) is 33.3 Å². The molecule has 4 N–H and O–H groups in total. The molecule has 2 fully saturated rings. The van der Waals surface area contributed by atoms with Crippen LogP contribution in [0.1, 0.15) is 7.12 Å². The van der Waals surface area contributed by atoms with Crippen LogP contribution in [0.25, 0.3) is 5.57 Å². The number of aromatic nitrogens is 3. The molecule has 2 saturated heterocycles. The van der Waals surface area contributed by atoms with Crippen molar-refractivity contribution in [3.05, 3.63) is 16.6 Å². The Morgan fingerprint density at radius 3 is 2.79 bits per heavy atom. The normalized spacial score (nSPS) is 24.1. The average Bonchev–Trinajstić information content (AvgIpc) is 3.45. The van der Waals surface area contributed by atoms with E-state index in [-0.39, 0.29) is 60.1 Å². The number of rotatable bonds is 8. The second-order valence-corrected chi connectivity index (χ2v) is 12.6. The minimum Gasteiger partial charge on any atom is -1.00 e. The van der Waals surface area contributed by atoms with Gasteiger partial charge >= 0.3 is 35.5 Å². The number of amides is 2. The number of fused-ring (bicyclic) bond motifs is 1. The van der Waals surface area contributed by atoms with Crippen molar-refractivity contribution in [2.24, 2.45) is 5.41 Å². The van der Waals surface area contributed by atoms with Gasteiger partial charge in [-0.05, 0) is 6.26 Å². The summed E-state index contributed by atoms with van der Waals surface area (Å²) in [6.45, 7) is 0.0627. The molecule has 2 aliphatic rings. The second-order valence-electron chi connectivity index (χ2n) is 7.12. The molecule has 3 atom stereocenters. The summed E-state index contributed by atoms with van der Waals surface area (Å²) >= 11 is 12.5. The van der Waals surface area contributed by atoms with Gasteiger partial charge in [-0.1, -0.05) is 46.5 Å². The Morgan fingerprint density at radius 2 is 2.21 bits per heavy atom. The maximum absolute atomic E-state index is 12.8. The maximum Gasteiger partial charge on any atom is 1.00 e. The molecule has 2 unspecified atom stereocenters. The van der Waals surface area contributed by atoms with E-state index in [1.165, 1.54) is 62.9 Å². The maximum atomic E-state index is 12.8. The van der Waals surface area contributed by atoms with E-state index in [1.807, 2.05) is 6.26 Å². The van der Waals surface area contributed by atoms with Gasteiger partial charge in [0.05, 0.1) is 11.3 Å². The number of halogens is 1. The number of nitrogen functional groups attached to an aromatic ring is 1. The smallest absolute Gasteiger partial charge is 1.00 e. The van der Waals surface area contributed by atoms with Crippen LogP contribution in [0.5, 0.6) is 0 Å². The molecule has 2 aliphatic heterocycles. The topological polar surface area (TPSA) is 151 Å². The number of aliphatic carboxylic acids is 1. The van der Waals surface area contributed by atoms with E-state index in [4.69, 9.17) is 17.3 Å². The Bertz CT molecular complexity index is 1140. The molecular formula is C17H18ClN6NaO4S5. The van der Waals surface area contributed by atoms with Crippen LogP contribution < -0.4 is 40.6 Å². The van der Waals surface area contributed by atoms with Gasteiger partial charge in [-0.25, -0.2) is 4.98 Å². The van der Waals surface area contributed by atoms with E-state index >= 15 is 0 Å². The largest absolute Gasteiger partial charge is 1.00 e. The fourth-order valence-electron chi connectivity index (χ4n) is 3.30. The Hall–Kier alpha value is -0.520. The third kappa shape index (κ3) is 5.57. The zero-order valence-corrected chi connectivity index (χ0v) is 24.7.